The molecule has 1 heterocycles. The van der Waals surface area contributed by atoms with E-state index >= 15 is 0 Å². The highest BCUT2D eigenvalue weighted by molar-refractivity contribution is 5.91. The van der Waals surface area contributed by atoms with Crippen molar-refractivity contribution in [3.05, 3.63) is 34.1 Å². The largest absolute Gasteiger partial charge is 0.433 e. The van der Waals surface area contributed by atoms with Gasteiger partial charge in [-0.25, -0.2) is 0 Å². The van der Waals surface area contributed by atoms with Gasteiger partial charge in [0.05, 0.1) is 6.07 Å². The molecule has 0 radical (unpaired) electrons. The fourth-order valence-corrected chi connectivity index (χ4v) is 2.45. The maximum absolute atomic E-state index is 11.8. The molecule has 1 fully saturated rings. The van der Waals surface area contributed by atoms with Crippen molar-refractivity contribution in [2.45, 2.75) is 38.6 Å². The molecule has 1 saturated carbocycles. The van der Waals surface area contributed by atoms with Crippen LogP contribution in [-0.2, 0) is 4.79 Å². The molecular formula is C14H18N2O4. The van der Waals surface area contributed by atoms with E-state index in [0.29, 0.717) is 11.7 Å². The average molecular weight is 278 g/mol. The van der Waals surface area contributed by atoms with E-state index in [1.54, 1.807) is 0 Å². The van der Waals surface area contributed by atoms with Crippen LogP contribution >= 0.6 is 0 Å². The summed E-state index contributed by atoms with van der Waals surface area (Å²) in [6.07, 6.45) is 7.30. The van der Waals surface area contributed by atoms with Crippen LogP contribution in [0.5, 0.6) is 0 Å². The number of furan rings is 1. The third kappa shape index (κ3) is 3.69. The summed E-state index contributed by atoms with van der Waals surface area (Å²) >= 11 is 0. The summed E-state index contributed by atoms with van der Waals surface area (Å²) in [4.78, 5) is 21.6. The Morgan fingerprint density at radius 3 is 2.85 bits per heavy atom. The maximum atomic E-state index is 11.8. The van der Waals surface area contributed by atoms with Crippen molar-refractivity contribution >= 4 is 17.9 Å². The molecular weight excluding hydrogens is 260 g/mol. The van der Waals surface area contributed by atoms with Gasteiger partial charge in [-0.05, 0) is 30.9 Å². The average Bonchev–Trinajstić information content (AvgIpc) is 2.88. The fourth-order valence-electron chi connectivity index (χ4n) is 2.45. The summed E-state index contributed by atoms with van der Waals surface area (Å²) in [5.41, 5.74) is 0. The molecule has 0 aromatic carbocycles. The van der Waals surface area contributed by atoms with E-state index in [4.69, 9.17) is 4.42 Å². The quantitative estimate of drug-likeness (QED) is 0.521. The Kier molecular flexibility index (Phi) is 4.55. The summed E-state index contributed by atoms with van der Waals surface area (Å²) in [6, 6.07) is 2.94. The third-order valence-corrected chi connectivity index (χ3v) is 3.63. The topological polar surface area (TPSA) is 85.4 Å². The van der Waals surface area contributed by atoms with Gasteiger partial charge >= 0.3 is 5.88 Å². The van der Waals surface area contributed by atoms with Gasteiger partial charge in [0.25, 0.3) is 0 Å². The lowest BCUT2D eigenvalue weighted by Gasteiger charge is -2.29. The highest BCUT2D eigenvalue weighted by Gasteiger charge is 2.21. The molecule has 20 heavy (non-hydrogen) atoms. The molecule has 0 bridgehead atoms. The SMILES string of the molecule is C[C@H]1CCCC[C@@H]1NC(=O)/C=C/c1ccc([N+](=O)[O-])o1. The predicted octanol–water partition coefficient (Wildman–Crippen LogP) is 2.90. The first-order valence-electron chi connectivity index (χ1n) is 6.79. The van der Waals surface area contributed by atoms with Crippen LogP contribution in [0.2, 0.25) is 0 Å². The lowest BCUT2D eigenvalue weighted by molar-refractivity contribution is -0.402. The summed E-state index contributed by atoms with van der Waals surface area (Å²) in [5, 5.41) is 13.4. The van der Waals surface area contributed by atoms with E-state index in [0.717, 1.165) is 19.3 Å². The lowest BCUT2D eigenvalue weighted by atomic mass is 9.86. The van der Waals surface area contributed by atoms with Crippen molar-refractivity contribution in [2.75, 3.05) is 0 Å². The minimum atomic E-state index is -0.610. The first kappa shape index (κ1) is 14.3. The Balaban J connectivity index is 1.89. The van der Waals surface area contributed by atoms with Crippen LogP contribution in [0.4, 0.5) is 5.88 Å². The number of carbonyl (C=O) groups is 1. The second kappa shape index (κ2) is 6.36. The third-order valence-electron chi connectivity index (χ3n) is 3.63. The number of nitrogens with zero attached hydrogens (tertiary/aromatic N) is 1. The standard InChI is InChI=1S/C14H18N2O4/c1-10-4-2-3-5-12(10)15-13(17)8-6-11-7-9-14(20-11)16(18)19/h6-10,12H,2-5H2,1H3,(H,15,17)/b8-6+/t10-,12-/m0/s1. The molecule has 108 valence electrons. The zero-order valence-electron chi connectivity index (χ0n) is 11.4. The molecule has 2 rings (SSSR count). The Bertz CT molecular complexity index is 521. The van der Waals surface area contributed by atoms with Crippen LogP contribution in [0, 0.1) is 16.0 Å². The van der Waals surface area contributed by atoms with Gasteiger partial charge in [-0.15, -0.1) is 0 Å². The van der Waals surface area contributed by atoms with Crippen molar-refractivity contribution in [1.29, 1.82) is 0 Å². The monoisotopic (exact) mass is 278 g/mol. The highest BCUT2D eigenvalue weighted by Crippen LogP contribution is 2.23. The van der Waals surface area contributed by atoms with E-state index in [1.807, 2.05) is 0 Å². The van der Waals surface area contributed by atoms with Crippen molar-refractivity contribution in [2.24, 2.45) is 5.92 Å². The second-order valence-electron chi connectivity index (χ2n) is 5.14. The van der Waals surface area contributed by atoms with E-state index in [9.17, 15) is 14.9 Å². The normalized spacial score (nSPS) is 22.9. The van der Waals surface area contributed by atoms with E-state index in [2.05, 4.69) is 12.2 Å². The van der Waals surface area contributed by atoms with E-state index in [-0.39, 0.29) is 17.8 Å². The number of amides is 1. The molecule has 2 atom stereocenters. The van der Waals surface area contributed by atoms with Crippen molar-refractivity contribution in [1.82, 2.24) is 5.32 Å². The van der Waals surface area contributed by atoms with Crippen molar-refractivity contribution in [3.63, 3.8) is 0 Å². The van der Waals surface area contributed by atoms with Gasteiger partial charge in [0, 0.05) is 12.1 Å². The van der Waals surface area contributed by atoms with Gasteiger partial charge < -0.3 is 9.73 Å². The smallest absolute Gasteiger partial charge is 0.401 e. The molecule has 6 nitrogen and oxygen atoms in total. The molecule has 1 aromatic heterocycles. The second-order valence-corrected chi connectivity index (χ2v) is 5.14. The van der Waals surface area contributed by atoms with Gasteiger partial charge in [-0.2, -0.15) is 0 Å². The van der Waals surface area contributed by atoms with Crippen LogP contribution in [-0.4, -0.2) is 16.9 Å². The van der Waals surface area contributed by atoms with Crippen LogP contribution in [0.3, 0.4) is 0 Å². The molecule has 0 unspecified atom stereocenters. The zero-order valence-corrected chi connectivity index (χ0v) is 11.4. The molecule has 0 aliphatic heterocycles. The Morgan fingerprint density at radius 2 is 2.20 bits per heavy atom. The Labute approximate surface area is 117 Å². The van der Waals surface area contributed by atoms with Gasteiger partial charge in [0.1, 0.15) is 10.7 Å². The highest BCUT2D eigenvalue weighted by atomic mass is 16.6. The van der Waals surface area contributed by atoms with Crippen LogP contribution < -0.4 is 5.32 Å². The fraction of sp³-hybridized carbons (Fsp3) is 0.500. The Morgan fingerprint density at radius 1 is 1.45 bits per heavy atom. The van der Waals surface area contributed by atoms with Gasteiger partial charge in [0.2, 0.25) is 5.91 Å². The first-order chi connectivity index (χ1) is 9.56. The van der Waals surface area contributed by atoms with Gasteiger partial charge in [-0.3, -0.25) is 14.9 Å². The van der Waals surface area contributed by atoms with Gasteiger partial charge in [0.15, 0.2) is 0 Å². The van der Waals surface area contributed by atoms with Crippen LogP contribution in [0.15, 0.2) is 22.6 Å². The zero-order chi connectivity index (χ0) is 14.5. The number of rotatable bonds is 4. The Hall–Kier alpha value is -2.11. The predicted molar refractivity (Wildman–Crippen MR) is 74.0 cm³/mol. The molecule has 0 saturated heterocycles. The summed E-state index contributed by atoms with van der Waals surface area (Å²) < 4.78 is 4.94. The molecule has 1 N–H and O–H groups in total. The summed E-state index contributed by atoms with van der Waals surface area (Å²) in [6.45, 7) is 2.14. The minimum Gasteiger partial charge on any atom is -0.401 e. The molecule has 0 spiro atoms. The minimum absolute atomic E-state index is 0.192. The number of hydrogen-bond acceptors (Lipinski definition) is 4. The van der Waals surface area contributed by atoms with Crippen molar-refractivity contribution < 1.29 is 14.1 Å². The summed E-state index contributed by atoms with van der Waals surface area (Å²) in [5.74, 6) is 0.267. The van der Waals surface area contributed by atoms with E-state index in [1.165, 1.54) is 30.7 Å². The molecule has 1 amide bonds. The molecule has 1 aliphatic rings. The van der Waals surface area contributed by atoms with E-state index < -0.39 is 4.92 Å². The first-order valence-corrected chi connectivity index (χ1v) is 6.79. The van der Waals surface area contributed by atoms with Crippen molar-refractivity contribution in [3.8, 4) is 0 Å². The number of nitro groups is 1. The molecule has 1 aliphatic carbocycles. The molecule has 6 heteroatoms. The number of hydrogen-bond donors (Lipinski definition) is 1. The lowest BCUT2D eigenvalue weighted by Crippen LogP contribution is -2.40. The molecule has 1 aromatic rings. The van der Waals surface area contributed by atoms with Gasteiger partial charge in [-0.1, -0.05) is 19.8 Å². The van der Waals surface area contributed by atoms with Crippen LogP contribution in [0.25, 0.3) is 6.08 Å². The summed E-state index contributed by atoms with van der Waals surface area (Å²) in [7, 11) is 0. The van der Waals surface area contributed by atoms with Crippen LogP contribution in [0.1, 0.15) is 38.4 Å². The maximum Gasteiger partial charge on any atom is 0.433 e. The number of carbonyl (C=O) groups excluding carboxylic acids is 1. The number of nitrogens with one attached hydrogen (secondary N) is 1.